The molecule has 2 unspecified atom stereocenters. The summed E-state index contributed by atoms with van der Waals surface area (Å²) in [5, 5.41) is 26.7. The summed E-state index contributed by atoms with van der Waals surface area (Å²) >= 11 is 6.14. The number of urea groups is 1. The van der Waals surface area contributed by atoms with Crippen LogP contribution >= 0.6 is 11.6 Å². The van der Waals surface area contributed by atoms with Crippen LogP contribution in [0.2, 0.25) is 5.02 Å². The van der Waals surface area contributed by atoms with Crippen molar-refractivity contribution >= 4 is 35.2 Å². The molecule has 9 nitrogen and oxygen atoms in total. The Balaban J connectivity index is 1.47. The van der Waals surface area contributed by atoms with E-state index in [1.807, 2.05) is 37.3 Å². The monoisotopic (exact) mass is 545 g/mol. The third kappa shape index (κ3) is 7.46. The fourth-order valence-corrected chi connectivity index (χ4v) is 4.60. The summed E-state index contributed by atoms with van der Waals surface area (Å²) in [6, 6.07) is 14.3. The largest absolute Gasteiger partial charge is 0.447 e. The molecule has 206 valence electrons. The minimum atomic E-state index is -1.51. The Morgan fingerprint density at radius 3 is 2.39 bits per heavy atom. The van der Waals surface area contributed by atoms with Crippen LogP contribution in [0.3, 0.4) is 0 Å². The minimum Gasteiger partial charge on any atom is -0.447 e. The van der Waals surface area contributed by atoms with E-state index in [1.54, 1.807) is 23.1 Å². The molecule has 0 spiro atoms. The molecule has 2 aromatic rings. The van der Waals surface area contributed by atoms with Crippen LogP contribution in [0.5, 0.6) is 0 Å². The molecule has 2 aromatic carbocycles. The highest BCUT2D eigenvalue weighted by Crippen LogP contribution is 2.31. The van der Waals surface area contributed by atoms with Crippen LogP contribution in [0.4, 0.5) is 15.3 Å². The Morgan fingerprint density at radius 2 is 1.79 bits per heavy atom. The number of benzene rings is 2. The molecule has 1 aliphatic heterocycles. The summed E-state index contributed by atoms with van der Waals surface area (Å²) in [5.41, 5.74) is 0.971. The predicted octanol–water partition coefficient (Wildman–Crippen LogP) is 4.00. The van der Waals surface area contributed by atoms with Crippen molar-refractivity contribution < 1.29 is 29.3 Å². The van der Waals surface area contributed by atoms with Crippen LogP contribution in [0.25, 0.3) is 0 Å². The van der Waals surface area contributed by atoms with Gasteiger partial charge >= 0.3 is 12.1 Å². The van der Waals surface area contributed by atoms with Gasteiger partial charge in [0.25, 0.3) is 0 Å². The summed E-state index contributed by atoms with van der Waals surface area (Å²) in [6.45, 7) is 3.45. The van der Waals surface area contributed by atoms with Gasteiger partial charge in [0.1, 0.15) is 18.5 Å². The highest BCUT2D eigenvalue weighted by atomic mass is 35.5. The van der Waals surface area contributed by atoms with E-state index in [1.165, 1.54) is 6.92 Å². The number of likely N-dealkylation sites (tertiary alicyclic amines) is 1. The molecule has 4 N–H and O–H groups in total. The van der Waals surface area contributed by atoms with Crippen molar-refractivity contribution in [2.45, 2.75) is 45.8 Å². The zero-order valence-corrected chi connectivity index (χ0v) is 22.5. The number of carbonyl (C=O) groups excluding carboxylic acids is 3. The van der Waals surface area contributed by atoms with Crippen molar-refractivity contribution in [1.82, 2.24) is 10.2 Å². The first-order valence-corrected chi connectivity index (χ1v) is 13.2. The Morgan fingerprint density at radius 1 is 1.13 bits per heavy atom. The molecule has 1 saturated heterocycles. The highest BCUT2D eigenvalue weighted by Gasteiger charge is 2.44. The SMILES string of the molecule is CCc1ccc(NC(=O)OCC(O)C(C)(CO)C(=O)C2CCN(C(=O)NCc3ccccc3Cl)CC2)cc1. The molecule has 1 aliphatic rings. The zero-order chi connectivity index (χ0) is 27.7. The standard InChI is InChI=1S/C28H36ClN3O6/c1-3-19-8-10-22(11-9-19)31-27(37)38-17-24(34)28(2,18-33)25(35)20-12-14-32(15-13-20)26(36)30-16-21-6-4-5-7-23(21)29/h4-11,20,24,33-34H,3,12-18H2,1-2H3,(H,30,36)(H,31,37). The number of amides is 3. The number of halogens is 1. The van der Waals surface area contributed by atoms with Crippen molar-refractivity contribution in [1.29, 1.82) is 0 Å². The number of aliphatic hydroxyl groups is 2. The predicted molar refractivity (Wildman–Crippen MR) is 145 cm³/mol. The van der Waals surface area contributed by atoms with Gasteiger partial charge in [-0.05, 0) is 55.5 Å². The molecule has 0 saturated carbocycles. The summed E-state index contributed by atoms with van der Waals surface area (Å²) in [7, 11) is 0. The quantitative estimate of drug-likeness (QED) is 0.357. The zero-order valence-electron chi connectivity index (χ0n) is 21.8. The number of aryl methyl sites for hydroxylation is 1. The summed E-state index contributed by atoms with van der Waals surface area (Å²) in [4.78, 5) is 39.7. The second-order valence-electron chi connectivity index (χ2n) is 9.74. The van der Waals surface area contributed by atoms with Gasteiger partial charge in [-0.15, -0.1) is 0 Å². The average Bonchev–Trinajstić information content (AvgIpc) is 2.95. The number of nitrogens with zero attached hydrogens (tertiary/aromatic N) is 1. The molecule has 2 atom stereocenters. The lowest BCUT2D eigenvalue weighted by molar-refractivity contribution is -0.145. The third-order valence-corrected chi connectivity index (χ3v) is 7.52. The van der Waals surface area contributed by atoms with Gasteiger partial charge in [0, 0.05) is 36.3 Å². The van der Waals surface area contributed by atoms with Gasteiger partial charge in [-0.3, -0.25) is 10.1 Å². The van der Waals surface area contributed by atoms with Gasteiger partial charge in [0.15, 0.2) is 0 Å². The van der Waals surface area contributed by atoms with Crippen molar-refractivity contribution in [3.63, 3.8) is 0 Å². The number of hydrogen-bond acceptors (Lipinski definition) is 6. The second kappa shape index (κ2) is 13.6. The van der Waals surface area contributed by atoms with Crippen LogP contribution in [0, 0.1) is 11.3 Å². The van der Waals surface area contributed by atoms with E-state index in [0.29, 0.717) is 43.2 Å². The maximum Gasteiger partial charge on any atom is 0.411 e. The topological polar surface area (TPSA) is 128 Å². The summed E-state index contributed by atoms with van der Waals surface area (Å²) < 4.78 is 5.14. The number of hydrogen-bond donors (Lipinski definition) is 4. The molecule has 0 aromatic heterocycles. The highest BCUT2D eigenvalue weighted by molar-refractivity contribution is 6.31. The van der Waals surface area contributed by atoms with Crippen molar-refractivity contribution in [2.24, 2.45) is 11.3 Å². The third-order valence-electron chi connectivity index (χ3n) is 7.15. The Bertz CT molecular complexity index is 1100. The first kappa shape index (κ1) is 29.4. The first-order valence-electron chi connectivity index (χ1n) is 12.8. The number of piperidine rings is 1. The summed E-state index contributed by atoms with van der Waals surface area (Å²) in [6.07, 6.45) is -0.492. The number of rotatable bonds is 10. The average molecular weight is 546 g/mol. The van der Waals surface area contributed by atoms with Gasteiger partial charge < -0.3 is 25.2 Å². The molecule has 0 bridgehead atoms. The Kier molecular flexibility index (Phi) is 10.5. The number of aliphatic hydroxyl groups excluding tert-OH is 2. The Hall–Kier alpha value is -3.14. The fraction of sp³-hybridized carbons (Fsp3) is 0.464. The van der Waals surface area contributed by atoms with Gasteiger partial charge in [0.2, 0.25) is 0 Å². The number of nitrogens with one attached hydrogen (secondary N) is 2. The second-order valence-corrected chi connectivity index (χ2v) is 10.1. The fourth-order valence-electron chi connectivity index (χ4n) is 4.40. The van der Waals surface area contributed by atoms with Crippen LogP contribution < -0.4 is 10.6 Å². The number of anilines is 1. The molecule has 0 aliphatic carbocycles. The van der Waals surface area contributed by atoms with E-state index in [4.69, 9.17) is 16.3 Å². The van der Waals surface area contributed by atoms with Crippen molar-refractivity contribution in [3.8, 4) is 0 Å². The van der Waals surface area contributed by atoms with Crippen LogP contribution in [0.15, 0.2) is 48.5 Å². The van der Waals surface area contributed by atoms with Crippen LogP contribution in [-0.2, 0) is 22.5 Å². The Labute approximate surface area is 228 Å². The van der Waals surface area contributed by atoms with Gasteiger partial charge in [-0.25, -0.2) is 9.59 Å². The molecule has 0 radical (unpaired) electrons. The van der Waals surface area contributed by atoms with Crippen molar-refractivity contribution in [3.05, 3.63) is 64.7 Å². The van der Waals surface area contributed by atoms with Crippen LogP contribution in [-0.4, -0.2) is 65.4 Å². The number of ether oxygens (including phenoxy) is 1. The molecular formula is C28H36ClN3O6. The number of carbonyl (C=O) groups is 3. The number of ketones is 1. The van der Waals surface area contributed by atoms with Gasteiger partial charge in [-0.1, -0.05) is 48.9 Å². The summed E-state index contributed by atoms with van der Waals surface area (Å²) in [5.74, 6) is -0.761. The molecule has 3 rings (SSSR count). The maximum atomic E-state index is 13.3. The maximum absolute atomic E-state index is 13.3. The van der Waals surface area contributed by atoms with E-state index in [9.17, 15) is 24.6 Å². The van der Waals surface area contributed by atoms with Gasteiger partial charge in [-0.2, -0.15) is 0 Å². The minimum absolute atomic E-state index is 0.246. The lowest BCUT2D eigenvalue weighted by atomic mass is 9.73. The molecular weight excluding hydrogens is 510 g/mol. The number of Topliss-reactive ketones (excluding diaryl/α,β-unsaturated/α-hetero) is 1. The smallest absolute Gasteiger partial charge is 0.411 e. The van der Waals surface area contributed by atoms with E-state index >= 15 is 0 Å². The molecule has 10 heteroatoms. The molecule has 3 amide bonds. The normalized spacial score (nSPS) is 16.3. The van der Waals surface area contributed by atoms with E-state index in [-0.39, 0.29) is 11.8 Å². The lowest BCUT2D eigenvalue weighted by Crippen LogP contribution is -2.51. The molecule has 38 heavy (non-hydrogen) atoms. The van der Waals surface area contributed by atoms with Crippen molar-refractivity contribution in [2.75, 3.05) is 31.6 Å². The lowest BCUT2D eigenvalue weighted by Gasteiger charge is -2.37. The van der Waals surface area contributed by atoms with Crippen LogP contribution in [0.1, 0.15) is 37.8 Å². The van der Waals surface area contributed by atoms with E-state index in [0.717, 1.165) is 17.5 Å². The van der Waals surface area contributed by atoms with E-state index < -0.39 is 36.7 Å². The first-order chi connectivity index (χ1) is 18.2. The molecule has 1 fully saturated rings. The molecule has 1 heterocycles. The van der Waals surface area contributed by atoms with E-state index in [2.05, 4.69) is 10.6 Å². The van der Waals surface area contributed by atoms with Gasteiger partial charge in [0.05, 0.1) is 12.0 Å².